The molecule has 0 radical (unpaired) electrons. The van der Waals surface area contributed by atoms with E-state index in [0.29, 0.717) is 5.75 Å². The topological polar surface area (TPSA) is 35.8 Å². The van der Waals surface area contributed by atoms with Crippen LogP contribution in [0, 0.1) is 0 Å². The summed E-state index contributed by atoms with van der Waals surface area (Å²) < 4.78 is 0. The quantitative estimate of drug-likeness (QED) is 0.291. The van der Waals surface area contributed by atoms with Crippen molar-refractivity contribution >= 4 is 29.0 Å². The summed E-state index contributed by atoms with van der Waals surface area (Å²) in [6.45, 7) is 13.0. The highest BCUT2D eigenvalue weighted by Gasteiger charge is 2.24. The standard InChI is InChI=1S/C33H36N2O/c1-32(2,3)25-21-24(31(36)28(22-25)33(4,5)6)23-34-29-19-13-14-20-30(29)35(26-15-9-7-10-16-26)27-17-11-8-12-18-27/h7-23,36H,1-6H3/b34-23+. The molecule has 4 aromatic rings. The number of anilines is 3. The van der Waals surface area contributed by atoms with Gasteiger partial charge < -0.3 is 10.0 Å². The van der Waals surface area contributed by atoms with Gasteiger partial charge in [0.25, 0.3) is 0 Å². The monoisotopic (exact) mass is 476 g/mol. The second kappa shape index (κ2) is 10.0. The number of benzene rings is 4. The van der Waals surface area contributed by atoms with E-state index >= 15 is 0 Å². The first-order chi connectivity index (χ1) is 17.1. The van der Waals surface area contributed by atoms with Gasteiger partial charge in [-0.25, -0.2) is 0 Å². The first-order valence-corrected chi connectivity index (χ1v) is 12.5. The van der Waals surface area contributed by atoms with Gasteiger partial charge in [-0.15, -0.1) is 0 Å². The van der Waals surface area contributed by atoms with Crippen molar-refractivity contribution in [3.8, 4) is 5.75 Å². The summed E-state index contributed by atoms with van der Waals surface area (Å²) in [6.07, 6.45) is 1.80. The normalized spacial score (nSPS) is 12.2. The maximum atomic E-state index is 11.2. The van der Waals surface area contributed by atoms with E-state index in [-0.39, 0.29) is 10.8 Å². The Kier molecular flexibility index (Phi) is 7.03. The van der Waals surface area contributed by atoms with Gasteiger partial charge in [-0.2, -0.15) is 0 Å². The Bertz CT molecular complexity index is 1300. The number of hydrogen-bond acceptors (Lipinski definition) is 3. The molecule has 0 aliphatic heterocycles. The molecule has 0 aliphatic carbocycles. The molecule has 4 aromatic carbocycles. The molecule has 0 saturated heterocycles. The Morgan fingerprint density at radius 2 is 1.19 bits per heavy atom. The van der Waals surface area contributed by atoms with Gasteiger partial charge in [-0.05, 0) is 58.9 Å². The highest BCUT2D eigenvalue weighted by atomic mass is 16.3. The van der Waals surface area contributed by atoms with E-state index in [2.05, 4.69) is 88.9 Å². The van der Waals surface area contributed by atoms with E-state index in [1.807, 2.05) is 54.6 Å². The summed E-state index contributed by atoms with van der Waals surface area (Å²) in [7, 11) is 0. The van der Waals surface area contributed by atoms with Gasteiger partial charge in [0.2, 0.25) is 0 Å². The molecule has 184 valence electrons. The lowest BCUT2D eigenvalue weighted by atomic mass is 9.79. The lowest BCUT2D eigenvalue weighted by Gasteiger charge is -2.27. The number of aliphatic imine (C=N–C) groups is 1. The van der Waals surface area contributed by atoms with Gasteiger partial charge in [0, 0.05) is 28.7 Å². The Labute approximate surface area is 215 Å². The predicted octanol–water partition coefficient (Wildman–Crippen LogP) is 9.21. The van der Waals surface area contributed by atoms with Crippen LogP contribution in [-0.4, -0.2) is 11.3 Å². The molecule has 0 saturated carbocycles. The lowest BCUT2D eigenvalue weighted by Crippen LogP contribution is -2.17. The van der Waals surface area contributed by atoms with Gasteiger partial charge in [0.05, 0.1) is 11.4 Å². The number of para-hydroxylation sites is 4. The third-order valence-electron chi connectivity index (χ3n) is 6.31. The fraction of sp³-hybridized carbons (Fsp3) is 0.242. The van der Waals surface area contributed by atoms with Gasteiger partial charge in [-0.3, -0.25) is 4.99 Å². The highest BCUT2D eigenvalue weighted by Crippen LogP contribution is 2.41. The van der Waals surface area contributed by atoms with Crippen molar-refractivity contribution in [3.63, 3.8) is 0 Å². The minimum absolute atomic E-state index is 0.0500. The first kappa shape index (κ1) is 25.2. The van der Waals surface area contributed by atoms with Crippen LogP contribution < -0.4 is 4.90 Å². The number of nitrogens with zero attached hydrogens (tertiary/aromatic N) is 2. The van der Waals surface area contributed by atoms with E-state index in [1.54, 1.807) is 6.21 Å². The molecule has 0 fully saturated rings. The number of phenols is 1. The summed E-state index contributed by atoms with van der Waals surface area (Å²) in [5.41, 5.74) is 6.49. The Hall–Kier alpha value is -3.85. The molecule has 0 amide bonds. The van der Waals surface area contributed by atoms with Gasteiger partial charge in [-0.1, -0.05) is 96.1 Å². The molecule has 4 rings (SSSR count). The number of rotatable bonds is 5. The number of aromatic hydroxyl groups is 1. The van der Waals surface area contributed by atoms with E-state index in [1.165, 1.54) is 5.56 Å². The van der Waals surface area contributed by atoms with Crippen LogP contribution in [0.4, 0.5) is 22.7 Å². The molecule has 36 heavy (non-hydrogen) atoms. The van der Waals surface area contributed by atoms with Crippen molar-refractivity contribution in [3.05, 3.63) is 114 Å². The third-order valence-corrected chi connectivity index (χ3v) is 6.31. The average molecular weight is 477 g/mol. The Morgan fingerprint density at radius 3 is 1.72 bits per heavy atom. The molecule has 0 heterocycles. The number of hydrogen-bond donors (Lipinski definition) is 1. The maximum Gasteiger partial charge on any atom is 0.128 e. The highest BCUT2D eigenvalue weighted by molar-refractivity contribution is 5.90. The molecular weight excluding hydrogens is 440 g/mol. The van der Waals surface area contributed by atoms with Gasteiger partial charge in [0.1, 0.15) is 5.75 Å². The van der Waals surface area contributed by atoms with Crippen LogP contribution in [-0.2, 0) is 10.8 Å². The lowest BCUT2D eigenvalue weighted by molar-refractivity contribution is 0.444. The summed E-state index contributed by atoms with van der Waals surface area (Å²) in [5, 5.41) is 11.2. The molecule has 0 spiro atoms. The molecule has 0 atom stereocenters. The summed E-state index contributed by atoms with van der Waals surface area (Å²) in [5.74, 6) is 0.291. The zero-order chi connectivity index (χ0) is 25.9. The van der Waals surface area contributed by atoms with Crippen molar-refractivity contribution < 1.29 is 5.11 Å². The van der Waals surface area contributed by atoms with E-state index in [9.17, 15) is 5.11 Å². The average Bonchev–Trinajstić information content (AvgIpc) is 2.84. The summed E-state index contributed by atoms with van der Waals surface area (Å²) in [4.78, 5) is 7.14. The minimum atomic E-state index is -0.191. The number of phenolic OH excluding ortho intramolecular Hbond substituents is 1. The summed E-state index contributed by atoms with van der Waals surface area (Å²) in [6, 6.07) is 32.9. The van der Waals surface area contributed by atoms with Crippen molar-refractivity contribution in [2.45, 2.75) is 52.4 Å². The third kappa shape index (κ3) is 5.52. The van der Waals surface area contributed by atoms with Crippen LogP contribution in [0.15, 0.2) is 102 Å². The SMILES string of the molecule is CC(C)(C)c1cc(/C=N/c2ccccc2N(c2ccccc2)c2ccccc2)c(O)c(C(C)(C)C)c1. The maximum absolute atomic E-state index is 11.2. The van der Waals surface area contributed by atoms with Crippen LogP contribution in [0.1, 0.15) is 58.2 Å². The smallest absolute Gasteiger partial charge is 0.128 e. The van der Waals surface area contributed by atoms with Crippen LogP contribution >= 0.6 is 0 Å². The van der Waals surface area contributed by atoms with Crippen molar-refractivity contribution in [2.75, 3.05) is 4.90 Å². The predicted molar refractivity (Wildman–Crippen MR) is 154 cm³/mol. The zero-order valence-corrected chi connectivity index (χ0v) is 22.2. The molecule has 3 nitrogen and oxygen atoms in total. The van der Waals surface area contributed by atoms with Crippen LogP contribution in [0.2, 0.25) is 0 Å². The Morgan fingerprint density at radius 1 is 0.667 bits per heavy atom. The Balaban J connectivity index is 1.85. The van der Waals surface area contributed by atoms with E-state index < -0.39 is 0 Å². The molecule has 0 bridgehead atoms. The van der Waals surface area contributed by atoms with Crippen molar-refractivity contribution in [1.29, 1.82) is 0 Å². The molecule has 3 heteroatoms. The fourth-order valence-corrected chi connectivity index (χ4v) is 4.24. The van der Waals surface area contributed by atoms with Crippen LogP contribution in [0.5, 0.6) is 5.75 Å². The molecule has 0 unspecified atom stereocenters. The van der Waals surface area contributed by atoms with Crippen LogP contribution in [0.25, 0.3) is 0 Å². The van der Waals surface area contributed by atoms with Crippen LogP contribution in [0.3, 0.4) is 0 Å². The van der Waals surface area contributed by atoms with Gasteiger partial charge in [0.15, 0.2) is 0 Å². The molecule has 1 N–H and O–H groups in total. The van der Waals surface area contributed by atoms with E-state index in [0.717, 1.165) is 33.9 Å². The second-order valence-corrected chi connectivity index (χ2v) is 11.2. The van der Waals surface area contributed by atoms with Crippen molar-refractivity contribution in [1.82, 2.24) is 0 Å². The fourth-order valence-electron chi connectivity index (χ4n) is 4.24. The largest absolute Gasteiger partial charge is 0.507 e. The van der Waals surface area contributed by atoms with E-state index in [4.69, 9.17) is 4.99 Å². The first-order valence-electron chi connectivity index (χ1n) is 12.5. The molecule has 0 aliphatic rings. The molecule has 0 aromatic heterocycles. The molecular formula is C33H36N2O. The second-order valence-electron chi connectivity index (χ2n) is 11.2. The zero-order valence-electron chi connectivity index (χ0n) is 22.2. The van der Waals surface area contributed by atoms with Crippen molar-refractivity contribution in [2.24, 2.45) is 4.99 Å². The summed E-state index contributed by atoms with van der Waals surface area (Å²) >= 11 is 0. The minimum Gasteiger partial charge on any atom is -0.507 e. The van der Waals surface area contributed by atoms with Gasteiger partial charge >= 0.3 is 0 Å².